The second-order valence-electron chi connectivity index (χ2n) is 4.34. The number of ether oxygens (including phenoxy) is 1. The Bertz CT molecular complexity index is 202. The van der Waals surface area contributed by atoms with Crippen LogP contribution in [-0.4, -0.2) is 12.6 Å². The summed E-state index contributed by atoms with van der Waals surface area (Å²) < 4.78 is 4.99. The van der Waals surface area contributed by atoms with Gasteiger partial charge >= 0.3 is 5.97 Å². The fraction of sp³-hybridized carbons (Fsp3) is 0.750. The van der Waals surface area contributed by atoms with E-state index in [1.807, 2.05) is 0 Å². The van der Waals surface area contributed by atoms with Crippen molar-refractivity contribution in [1.29, 1.82) is 0 Å². The predicted molar refractivity (Wildman–Crippen MR) is 59.0 cm³/mol. The van der Waals surface area contributed by atoms with Crippen LogP contribution in [0.3, 0.4) is 0 Å². The van der Waals surface area contributed by atoms with Gasteiger partial charge in [-0.1, -0.05) is 33.8 Å². The molecule has 0 heterocycles. The topological polar surface area (TPSA) is 26.3 Å². The average molecular weight is 198 g/mol. The van der Waals surface area contributed by atoms with Crippen molar-refractivity contribution in [1.82, 2.24) is 0 Å². The van der Waals surface area contributed by atoms with Crippen LogP contribution in [0, 0.1) is 11.8 Å². The van der Waals surface area contributed by atoms with Gasteiger partial charge in [-0.15, -0.1) is 0 Å². The van der Waals surface area contributed by atoms with Gasteiger partial charge in [0.1, 0.15) is 6.61 Å². The Hall–Kier alpha value is -0.790. The summed E-state index contributed by atoms with van der Waals surface area (Å²) in [7, 11) is 0. The lowest BCUT2D eigenvalue weighted by atomic mass is 10.0. The van der Waals surface area contributed by atoms with Gasteiger partial charge in [-0.3, -0.25) is 4.79 Å². The minimum absolute atomic E-state index is 0.207. The summed E-state index contributed by atoms with van der Waals surface area (Å²) in [6.07, 6.45) is 3.24. The minimum atomic E-state index is -0.207. The third-order valence-corrected chi connectivity index (χ3v) is 2.04. The van der Waals surface area contributed by atoms with Crippen LogP contribution in [0.25, 0.3) is 0 Å². The molecule has 2 nitrogen and oxygen atoms in total. The van der Waals surface area contributed by atoms with Crippen LogP contribution >= 0.6 is 0 Å². The molecule has 0 N–H and O–H groups in total. The lowest BCUT2D eigenvalue weighted by Crippen LogP contribution is -2.08. The van der Waals surface area contributed by atoms with Crippen molar-refractivity contribution in [2.24, 2.45) is 11.8 Å². The molecule has 0 amide bonds. The van der Waals surface area contributed by atoms with E-state index in [-0.39, 0.29) is 5.97 Å². The lowest BCUT2D eigenvalue weighted by Gasteiger charge is -2.12. The number of rotatable bonds is 5. The smallest absolute Gasteiger partial charge is 0.302 e. The van der Waals surface area contributed by atoms with Gasteiger partial charge in [-0.05, 0) is 23.8 Å². The maximum Gasteiger partial charge on any atom is 0.302 e. The molecular weight excluding hydrogens is 176 g/mol. The van der Waals surface area contributed by atoms with Crippen LogP contribution in [0.2, 0.25) is 0 Å². The molecule has 0 bridgehead atoms. The number of hydrogen-bond donors (Lipinski definition) is 0. The molecule has 0 rings (SSSR count). The molecule has 0 unspecified atom stereocenters. The first-order valence-electron chi connectivity index (χ1n) is 5.25. The Kier molecular flexibility index (Phi) is 6.26. The van der Waals surface area contributed by atoms with Crippen molar-refractivity contribution in [2.45, 2.75) is 41.0 Å². The van der Waals surface area contributed by atoms with Crippen molar-refractivity contribution in [3.8, 4) is 0 Å². The number of allylic oxidation sites excluding steroid dienone is 1. The second-order valence-corrected chi connectivity index (χ2v) is 4.34. The Balaban J connectivity index is 4.14. The summed E-state index contributed by atoms with van der Waals surface area (Å²) >= 11 is 0. The Morgan fingerprint density at radius 3 is 2.21 bits per heavy atom. The van der Waals surface area contributed by atoms with E-state index in [4.69, 9.17) is 4.74 Å². The van der Waals surface area contributed by atoms with Crippen LogP contribution in [0.15, 0.2) is 11.6 Å². The van der Waals surface area contributed by atoms with Crippen LogP contribution in [0.5, 0.6) is 0 Å². The molecule has 0 atom stereocenters. The van der Waals surface area contributed by atoms with Crippen LogP contribution in [0.1, 0.15) is 41.0 Å². The maximum atomic E-state index is 10.7. The third kappa shape index (κ3) is 6.70. The van der Waals surface area contributed by atoms with Gasteiger partial charge in [0.15, 0.2) is 0 Å². The van der Waals surface area contributed by atoms with Crippen molar-refractivity contribution >= 4 is 5.97 Å². The molecule has 0 saturated carbocycles. The molecule has 0 aliphatic rings. The van der Waals surface area contributed by atoms with Gasteiger partial charge in [0.25, 0.3) is 0 Å². The standard InChI is InChI=1S/C12H22O2/c1-9(2)6-7-12(10(3)4)8-14-11(5)13/h7,9-10H,6,8H2,1-5H3. The predicted octanol–water partition coefficient (Wildman–Crippen LogP) is 3.18. The zero-order chi connectivity index (χ0) is 11.1. The summed E-state index contributed by atoms with van der Waals surface area (Å²) in [6.45, 7) is 10.5. The van der Waals surface area contributed by atoms with E-state index in [9.17, 15) is 4.79 Å². The van der Waals surface area contributed by atoms with Crippen molar-refractivity contribution in [3.63, 3.8) is 0 Å². The molecule has 0 aromatic carbocycles. The van der Waals surface area contributed by atoms with Gasteiger partial charge < -0.3 is 4.74 Å². The molecule has 0 radical (unpaired) electrons. The highest BCUT2D eigenvalue weighted by Crippen LogP contribution is 2.13. The van der Waals surface area contributed by atoms with Gasteiger partial charge in [-0.25, -0.2) is 0 Å². The van der Waals surface area contributed by atoms with Crippen molar-refractivity contribution < 1.29 is 9.53 Å². The lowest BCUT2D eigenvalue weighted by molar-refractivity contribution is -0.140. The fourth-order valence-electron chi connectivity index (χ4n) is 1.03. The normalized spacial score (nSPS) is 12.4. The zero-order valence-electron chi connectivity index (χ0n) is 9.96. The third-order valence-electron chi connectivity index (χ3n) is 2.04. The van der Waals surface area contributed by atoms with E-state index in [0.29, 0.717) is 18.4 Å². The molecule has 82 valence electrons. The van der Waals surface area contributed by atoms with E-state index in [1.54, 1.807) is 0 Å². The van der Waals surface area contributed by atoms with Gasteiger partial charge in [-0.2, -0.15) is 0 Å². The molecule has 0 fully saturated rings. The highest BCUT2D eigenvalue weighted by atomic mass is 16.5. The molecule has 2 heteroatoms. The first-order valence-corrected chi connectivity index (χ1v) is 5.25. The van der Waals surface area contributed by atoms with Crippen LogP contribution < -0.4 is 0 Å². The first kappa shape index (κ1) is 13.2. The second kappa shape index (κ2) is 6.63. The minimum Gasteiger partial charge on any atom is -0.461 e. The van der Waals surface area contributed by atoms with Gasteiger partial charge in [0.05, 0.1) is 0 Å². The summed E-state index contributed by atoms with van der Waals surface area (Å²) in [4.78, 5) is 10.7. The molecular formula is C12H22O2. The quantitative estimate of drug-likeness (QED) is 0.501. The van der Waals surface area contributed by atoms with Gasteiger partial charge in [0, 0.05) is 6.92 Å². The number of carbonyl (C=O) groups is 1. The Morgan fingerprint density at radius 2 is 1.86 bits per heavy atom. The molecule has 0 aromatic rings. The van der Waals surface area contributed by atoms with Gasteiger partial charge in [0.2, 0.25) is 0 Å². The highest BCUT2D eigenvalue weighted by Gasteiger charge is 2.05. The molecule has 14 heavy (non-hydrogen) atoms. The fourth-order valence-corrected chi connectivity index (χ4v) is 1.03. The number of hydrogen-bond acceptors (Lipinski definition) is 2. The molecule has 0 aliphatic heterocycles. The largest absolute Gasteiger partial charge is 0.461 e. The highest BCUT2D eigenvalue weighted by molar-refractivity contribution is 5.66. The molecule has 0 aliphatic carbocycles. The zero-order valence-corrected chi connectivity index (χ0v) is 9.96. The molecule has 0 aromatic heterocycles. The molecule has 0 saturated heterocycles. The Morgan fingerprint density at radius 1 is 1.29 bits per heavy atom. The van der Waals surface area contributed by atoms with E-state index in [0.717, 1.165) is 6.42 Å². The van der Waals surface area contributed by atoms with E-state index in [1.165, 1.54) is 12.5 Å². The van der Waals surface area contributed by atoms with E-state index >= 15 is 0 Å². The summed E-state index contributed by atoms with van der Waals surface area (Å²) in [5.41, 5.74) is 1.22. The SMILES string of the molecule is CC(=O)OCC(=CCC(C)C)C(C)C. The van der Waals surface area contributed by atoms with E-state index in [2.05, 4.69) is 33.8 Å². The number of carbonyl (C=O) groups excluding carboxylic acids is 1. The average Bonchev–Trinajstić information content (AvgIpc) is 2.02. The first-order chi connectivity index (χ1) is 6.43. The molecule has 0 spiro atoms. The summed E-state index contributed by atoms with van der Waals surface area (Å²) in [6, 6.07) is 0. The Labute approximate surface area is 87.3 Å². The summed E-state index contributed by atoms with van der Waals surface area (Å²) in [5.74, 6) is 0.898. The van der Waals surface area contributed by atoms with Crippen molar-refractivity contribution in [3.05, 3.63) is 11.6 Å². The van der Waals surface area contributed by atoms with Crippen molar-refractivity contribution in [2.75, 3.05) is 6.61 Å². The van der Waals surface area contributed by atoms with E-state index < -0.39 is 0 Å². The maximum absolute atomic E-state index is 10.7. The van der Waals surface area contributed by atoms with Crippen LogP contribution in [0.4, 0.5) is 0 Å². The number of esters is 1. The van der Waals surface area contributed by atoms with Crippen LogP contribution in [-0.2, 0) is 9.53 Å². The monoisotopic (exact) mass is 198 g/mol. The summed E-state index contributed by atoms with van der Waals surface area (Å²) in [5, 5.41) is 0.